The summed E-state index contributed by atoms with van der Waals surface area (Å²) in [4.78, 5) is 0. The number of aromatic nitrogens is 2. The van der Waals surface area contributed by atoms with Crippen molar-refractivity contribution in [2.24, 2.45) is 0 Å². The zero-order valence-electron chi connectivity index (χ0n) is 7.52. The van der Waals surface area contributed by atoms with E-state index in [9.17, 15) is 5.11 Å². The molecule has 1 aromatic heterocycles. The van der Waals surface area contributed by atoms with Gasteiger partial charge in [0.2, 0.25) is 0 Å². The molecule has 72 valence electrons. The Morgan fingerprint density at radius 3 is 2.92 bits per heavy atom. The highest BCUT2D eigenvalue weighted by molar-refractivity contribution is 7.09. The minimum absolute atomic E-state index is 0.199. The molecule has 1 fully saturated rings. The van der Waals surface area contributed by atoms with Gasteiger partial charge in [-0.1, -0.05) is 19.3 Å². The van der Waals surface area contributed by atoms with E-state index in [1.54, 1.807) is 16.8 Å². The molecule has 2 unspecified atom stereocenters. The van der Waals surface area contributed by atoms with Gasteiger partial charge in [0.05, 0.1) is 6.10 Å². The smallest absolute Gasteiger partial charge is 0.122 e. The van der Waals surface area contributed by atoms with Gasteiger partial charge in [0.15, 0.2) is 0 Å². The Morgan fingerprint density at radius 1 is 1.31 bits per heavy atom. The summed E-state index contributed by atoms with van der Waals surface area (Å²) < 4.78 is 0. The van der Waals surface area contributed by atoms with E-state index in [-0.39, 0.29) is 12.0 Å². The van der Waals surface area contributed by atoms with Crippen LogP contribution >= 0.6 is 11.3 Å². The van der Waals surface area contributed by atoms with E-state index >= 15 is 0 Å². The molecule has 2 atom stereocenters. The van der Waals surface area contributed by atoms with Crippen molar-refractivity contribution in [1.82, 2.24) is 10.2 Å². The Bertz CT molecular complexity index is 250. The molecule has 1 aromatic rings. The van der Waals surface area contributed by atoms with Crippen LogP contribution in [0.4, 0.5) is 0 Å². The van der Waals surface area contributed by atoms with Crippen LogP contribution in [0.1, 0.15) is 43.0 Å². The molecule has 0 radical (unpaired) electrons. The standard InChI is InChI=1S/C9H14N2OS/c12-8-5-3-1-2-4-7(8)9-11-10-6-13-9/h6-8,12H,1-5H2. The van der Waals surface area contributed by atoms with Gasteiger partial charge in [-0.2, -0.15) is 0 Å². The third-order valence-electron chi connectivity index (χ3n) is 2.67. The fourth-order valence-electron chi connectivity index (χ4n) is 1.92. The molecule has 0 aromatic carbocycles. The van der Waals surface area contributed by atoms with Crippen molar-refractivity contribution >= 4 is 11.3 Å². The second-order valence-corrected chi connectivity index (χ2v) is 4.45. The van der Waals surface area contributed by atoms with E-state index in [0.717, 1.165) is 24.3 Å². The van der Waals surface area contributed by atoms with Crippen LogP contribution in [0.25, 0.3) is 0 Å². The molecule has 0 saturated heterocycles. The second kappa shape index (κ2) is 4.15. The molecule has 3 nitrogen and oxygen atoms in total. The van der Waals surface area contributed by atoms with E-state index < -0.39 is 0 Å². The maximum absolute atomic E-state index is 9.86. The molecule has 0 spiro atoms. The van der Waals surface area contributed by atoms with Crippen molar-refractivity contribution in [3.05, 3.63) is 10.5 Å². The number of aliphatic hydroxyl groups excluding tert-OH is 1. The van der Waals surface area contributed by atoms with Gasteiger partial charge in [0.25, 0.3) is 0 Å². The molecule has 1 N–H and O–H groups in total. The molecular formula is C9H14N2OS. The minimum atomic E-state index is -0.199. The third-order valence-corrected chi connectivity index (χ3v) is 3.50. The lowest BCUT2D eigenvalue weighted by atomic mass is 9.98. The van der Waals surface area contributed by atoms with Crippen molar-refractivity contribution < 1.29 is 5.11 Å². The Labute approximate surface area is 81.8 Å². The molecule has 0 aliphatic heterocycles. The highest BCUT2D eigenvalue weighted by Crippen LogP contribution is 2.32. The molecule has 1 heterocycles. The molecule has 4 heteroatoms. The van der Waals surface area contributed by atoms with Gasteiger partial charge in [-0.3, -0.25) is 0 Å². The van der Waals surface area contributed by atoms with Gasteiger partial charge in [-0.25, -0.2) is 0 Å². The summed E-state index contributed by atoms with van der Waals surface area (Å²) >= 11 is 1.56. The minimum Gasteiger partial charge on any atom is -0.392 e. The zero-order valence-corrected chi connectivity index (χ0v) is 8.33. The third kappa shape index (κ3) is 2.06. The van der Waals surface area contributed by atoms with Crippen molar-refractivity contribution in [3.8, 4) is 0 Å². The highest BCUT2D eigenvalue weighted by atomic mass is 32.1. The zero-order chi connectivity index (χ0) is 9.10. The van der Waals surface area contributed by atoms with E-state index in [4.69, 9.17) is 0 Å². The Balaban J connectivity index is 2.11. The number of hydrogen-bond donors (Lipinski definition) is 1. The normalized spacial score (nSPS) is 29.9. The van der Waals surface area contributed by atoms with E-state index in [1.807, 2.05) is 0 Å². The van der Waals surface area contributed by atoms with Crippen LogP contribution in [0.15, 0.2) is 5.51 Å². The van der Waals surface area contributed by atoms with Gasteiger partial charge in [0.1, 0.15) is 10.5 Å². The maximum Gasteiger partial charge on any atom is 0.122 e. The molecule has 2 rings (SSSR count). The summed E-state index contributed by atoms with van der Waals surface area (Å²) in [7, 11) is 0. The lowest BCUT2D eigenvalue weighted by molar-refractivity contribution is 0.135. The average molecular weight is 198 g/mol. The first kappa shape index (κ1) is 9.09. The summed E-state index contributed by atoms with van der Waals surface area (Å²) in [6, 6.07) is 0. The van der Waals surface area contributed by atoms with Crippen LogP contribution in [0.5, 0.6) is 0 Å². The molecular weight excluding hydrogens is 184 g/mol. The van der Waals surface area contributed by atoms with Gasteiger partial charge in [-0.05, 0) is 12.8 Å². The van der Waals surface area contributed by atoms with Gasteiger partial charge < -0.3 is 5.11 Å². The number of aliphatic hydroxyl groups is 1. The topological polar surface area (TPSA) is 46.0 Å². The van der Waals surface area contributed by atoms with Crippen LogP contribution in [-0.4, -0.2) is 21.4 Å². The first-order valence-corrected chi connectivity index (χ1v) is 5.70. The summed E-state index contributed by atoms with van der Waals surface area (Å²) in [6.45, 7) is 0. The lowest BCUT2D eigenvalue weighted by Crippen LogP contribution is -2.16. The number of rotatable bonds is 1. The Hall–Kier alpha value is -0.480. The van der Waals surface area contributed by atoms with Crippen molar-refractivity contribution in [2.75, 3.05) is 0 Å². The van der Waals surface area contributed by atoms with Crippen LogP contribution in [-0.2, 0) is 0 Å². The molecule has 0 amide bonds. The predicted molar refractivity (Wildman–Crippen MR) is 51.7 cm³/mol. The van der Waals surface area contributed by atoms with Gasteiger partial charge in [-0.15, -0.1) is 21.5 Å². The number of hydrogen-bond acceptors (Lipinski definition) is 4. The van der Waals surface area contributed by atoms with Crippen molar-refractivity contribution in [1.29, 1.82) is 0 Å². The summed E-state index contributed by atoms with van der Waals surface area (Å²) in [5, 5.41) is 18.7. The SMILES string of the molecule is OC1CCCCCC1c1nncs1. The fraction of sp³-hybridized carbons (Fsp3) is 0.778. The molecule has 0 bridgehead atoms. The monoisotopic (exact) mass is 198 g/mol. The first-order valence-electron chi connectivity index (χ1n) is 4.82. The van der Waals surface area contributed by atoms with Crippen molar-refractivity contribution in [3.63, 3.8) is 0 Å². The van der Waals surface area contributed by atoms with Crippen LogP contribution in [0.3, 0.4) is 0 Å². The fourth-order valence-corrected chi connectivity index (χ4v) is 2.67. The second-order valence-electron chi connectivity index (χ2n) is 3.59. The first-order chi connectivity index (χ1) is 6.38. The summed E-state index contributed by atoms with van der Waals surface area (Å²) in [5.74, 6) is 0.245. The van der Waals surface area contributed by atoms with Crippen LogP contribution < -0.4 is 0 Å². The van der Waals surface area contributed by atoms with E-state index in [0.29, 0.717) is 0 Å². The van der Waals surface area contributed by atoms with Crippen molar-refractivity contribution in [2.45, 2.75) is 44.1 Å². The molecule has 1 aliphatic carbocycles. The van der Waals surface area contributed by atoms with E-state index in [1.165, 1.54) is 12.8 Å². The van der Waals surface area contributed by atoms with E-state index in [2.05, 4.69) is 10.2 Å². The van der Waals surface area contributed by atoms with Crippen LogP contribution in [0, 0.1) is 0 Å². The maximum atomic E-state index is 9.86. The summed E-state index contributed by atoms with van der Waals surface area (Å²) in [5.41, 5.74) is 1.74. The largest absolute Gasteiger partial charge is 0.392 e. The predicted octanol–water partition coefficient (Wildman–Crippen LogP) is 1.95. The highest BCUT2D eigenvalue weighted by Gasteiger charge is 2.25. The Kier molecular flexibility index (Phi) is 2.90. The summed E-state index contributed by atoms with van der Waals surface area (Å²) in [6.07, 6.45) is 5.39. The average Bonchev–Trinajstić information content (AvgIpc) is 2.56. The van der Waals surface area contributed by atoms with Gasteiger partial charge >= 0.3 is 0 Å². The quantitative estimate of drug-likeness (QED) is 0.701. The van der Waals surface area contributed by atoms with Gasteiger partial charge in [0, 0.05) is 5.92 Å². The number of nitrogens with zero attached hydrogens (tertiary/aromatic N) is 2. The Morgan fingerprint density at radius 2 is 2.15 bits per heavy atom. The lowest BCUT2D eigenvalue weighted by Gasteiger charge is -2.16. The molecule has 1 saturated carbocycles. The molecule has 1 aliphatic rings. The molecule has 13 heavy (non-hydrogen) atoms. The van der Waals surface area contributed by atoms with Crippen LogP contribution in [0.2, 0.25) is 0 Å².